The van der Waals surface area contributed by atoms with E-state index in [0.29, 0.717) is 0 Å². The van der Waals surface area contributed by atoms with Gasteiger partial charge in [0.2, 0.25) is 0 Å². The average molecular weight is 1300 g/mol. The predicted molar refractivity (Wildman–Crippen MR) is 393 cm³/mol. The van der Waals surface area contributed by atoms with Crippen LogP contribution in [-0.2, 0) is 73.5 Å². The fraction of sp³-hybridized carbons (Fsp3) is 0.591. The molecule has 19 rings (SSSR count). The molecular formula is C88H110GeS2. The molecule has 0 aromatic heterocycles. The first-order valence-corrected chi connectivity index (χ1v) is 45.9. The molecule has 13 aliphatic rings. The van der Waals surface area contributed by atoms with Crippen LogP contribution >= 0.6 is 18.2 Å². The molecule has 12 aliphatic carbocycles. The van der Waals surface area contributed by atoms with E-state index in [0.717, 1.165) is 0 Å². The summed E-state index contributed by atoms with van der Waals surface area (Å²) >= 11 is 0. The maximum atomic E-state index is 3.03. The van der Waals surface area contributed by atoms with Crippen LogP contribution in [0.1, 0.15) is 389 Å². The summed E-state index contributed by atoms with van der Waals surface area (Å²) in [4.78, 5) is 0. The van der Waals surface area contributed by atoms with Gasteiger partial charge in [-0.2, -0.15) is 0 Å². The van der Waals surface area contributed by atoms with Gasteiger partial charge >= 0.3 is 564 Å². The summed E-state index contributed by atoms with van der Waals surface area (Å²) in [7, 11) is 0.764. The van der Waals surface area contributed by atoms with Crippen molar-refractivity contribution < 1.29 is 0 Å². The van der Waals surface area contributed by atoms with Gasteiger partial charge in [-0.1, -0.05) is 0 Å². The summed E-state index contributed by atoms with van der Waals surface area (Å²) < 4.78 is -0.821. The molecule has 1 saturated heterocycles. The first kappa shape index (κ1) is 61.2. The van der Waals surface area contributed by atoms with Crippen molar-refractivity contribution in [3.05, 3.63) is 206 Å². The average Bonchev–Trinajstić information content (AvgIpc) is 1.55. The van der Waals surface area contributed by atoms with E-state index >= 15 is 0 Å². The fourth-order valence-electron chi connectivity index (χ4n) is 22.7. The van der Waals surface area contributed by atoms with E-state index in [9.17, 15) is 0 Å². The van der Waals surface area contributed by atoms with Gasteiger partial charge in [-0.15, -0.1) is 0 Å². The van der Waals surface area contributed by atoms with Gasteiger partial charge in [-0.25, -0.2) is 0 Å². The van der Waals surface area contributed by atoms with Gasteiger partial charge < -0.3 is 0 Å². The summed E-state index contributed by atoms with van der Waals surface area (Å²) in [5, 5.41) is 0. The predicted octanol–water partition coefficient (Wildman–Crippen LogP) is 23.7. The summed E-state index contributed by atoms with van der Waals surface area (Å²) in [6.07, 6.45) is 14.6. The second-order valence-corrected chi connectivity index (χ2v) is 61.7. The molecule has 0 saturated carbocycles. The van der Waals surface area contributed by atoms with Gasteiger partial charge in [0.05, 0.1) is 0 Å². The molecule has 0 amide bonds. The quantitative estimate of drug-likeness (QED) is 0.0963. The molecule has 0 nitrogen and oxygen atoms in total. The molecule has 91 heavy (non-hydrogen) atoms. The minimum atomic E-state index is -4.30. The molecule has 0 spiro atoms. The topological polar surface area (TPSA) is 0 Å². The fourth-order valence-corrected chi connectivity index (χ4v) is 59.4. The zero-order valence-corrected chi connectivity index (χ0v) is 64.6. The van der Waals surface area contributed by atoms with Crippen LogP contribution < -0.4 is 0 Å². The molecule has 478 valence electrons. The zero-order valence-electron chi connectivity index (χ0n) is 60.9. The Morgan fingerprint density at radius 2 is 0.319 bits per heavy atom. The van der Waals surface area contributed by atoms with Crippen molar-refractivity contribution >= 4 is 29.2 Å². The van der Waals surface area contributed by atoms with Gasteiger partial charge in [0.15, 0.2) is 0 Å². The van der Waals surface area contributed by atoms with Crippen molar-refractivity contribution in [2.24, 2.45) is 0 Å². The number of hydrogen-bond donors (Lipinski definition) is 0. The second kappa shape index (κ2) is 17.5. The van der Waals surface area contributed by atoms with E-state index in [1.165, 1.54) is 77.0 Å². The van der Waals surface area contributed by atoms with Crippen LogP contribution in [-0.4, -0.2) is 11.0 Å². The summed E-state index contributed by atoms with van der Waals surface area (Å²) in [6.45, 7) is 63.0. The second-order valence-electron chi connectivity index (χ2n) is 40.7. The molecule has 3 heteroatoms. The van der Waals surface area contributed by atoms with Crippen molar-refractivity contribution in [1.29, 1.82) is 0 Å². The molecular weight excluding hydrogens is 1190 g/mol. The molecule has 1 heterocycles. The zero-order chi connectivity index (χ0) is 64.9. The Morgan fingerprint density at radius 1 is 0.198 bits per heavy atom. The molecule has 1 fully saturated rings. The summed E-state index contributed by atoms with van der Waals surface area (Å²) in [5.41, 5.74) is 40.6. The maximum absolute atomic E-state index is 4.30. The van der Waals surface area contributed by atoms with Gasteiger partial charge in [0.25, 0.3) is 0 Å². The Hall–Kier alpha value is -3.44. The van der Waals surface area contributed by atoms with Crippen molar-refractivity contribution in [2.75, 3.05) is 0 Å². The van der Waals surface area contributed by atoms with Gasteiger partial charge in [0, 0.05) is 0 Å². The van der Waals surface area contributed by atoms with Crippen molar-refractivity contribution in [3.8, 4) is 0 Å². The Bertz CT molecular complexity index is 3640. The van der Waals surface area contributed by atoms with Crippen molar-refractivity contribution in [3.63, 3.8) is 0 Å². The van der Waals surface area contributed by atoms with Crippen LogP contribution in [0.4, 0.5) is 0 Å². The van der Waals surface area contributed by atoms with E-state index < -0.39 is 19.5 Å². The summed E-state index contributed by atoms with van der Waals surface area (Å²) in [6, 6.07) is 35.9. The number of benzene rings is 6. The summed E-state index contributed by atoms with van der Waals surface area (Å²) in [5.74, 6) is 0.315. The minimum absolute atomic E-state index is 0.0382. The molecule has 0 N–H and O–H groups in total. The van der Waals surface area contributed by atoms with Crippen LogP contribution in [0, 0.1) is 0 Å². The standard InChI is InChI=1S/C88H110GeS2/c1-75(2)25-31-81(13,14)67-43-55-49(37-61(67)75)73-50-38-62-68(82(15,16)32-26-76(62,3)4)44-56(50)87(55,57-45-69-63(39-51(57)73)77(5,6)27-33-83(69,17)18)89(90-91-89)88-58-46-70-64(78(7,8)28-34-84(70,19)20)40-52(58)74(53-41-65-71(47-59(53)88)85(21,22)35-29-79(65,9)10)54-42-66-72(48-60(54)88)86(23,24)36-30-80(66,11)12/h37-48,73-74H,25-36H2,1-24H3. The van der Waals surface area contributed by atoms with Crippen LogP contribution in [0.25, 0.3) is 0 Å². The van der Waals surface area contributed by atoms with E-state index in [1.807, 2.05) is 0 Å². The molecule has 6 aromatic carbocycles. The van der Waals surface area contributed by atoms with Crippen molar-refractivity contribution in [2.45, 2.75) is 329 Å². The Labute approximate surface area is 559 Å². The Kier molecular flexibility index (Phi) is 11.7. The molecule has 0 atom stereocenters. The Morgan fingerprint density at radius 3 is 0.440 bits per heavy atom. The SMILES string of the molecule is CC1(C)CCC(C)(C)c2cc3c(cc21)C1c2cc4c(cc2[C]3([Ge]2([C]35c6cc7c(cc6C(c6cc8c(cc63)C(C)(C)CCC8(C)C)c3cc6c(cc35)C(C)(C)CCC6(C)C)C(C)(C)CCC7(C)C)[S][S]2)c2cc3c(cc21)C(C)(C)CCC3(C)C)C(C)(C)CCC4(C)C. The van der Waals surface area contributed by atoms with Gasteiger partial charge in [0.1, 0.15) is 0 Å². The number of rotatable bonds is 2. The third-order valence-corrected chi connectivity index (χ3v) is 55.0. The monoisotopic (exact) mass is 1300 g/mol. The van der Waals surface area contributed by atoms with E-state index in [1.54, 1.807) is 134 Å². The third kappa shape index (κ3) is 7.38. The molecule has 0 radical (unpaired) electrons. The van der Waals surface area contributed by atoms with Crippen molar-refractivity contribution in [1.82, 2.24) is 0 Å². The Balaban J connectivity index is 1.15. The third-order valence-electron chi connectivity index (χ3n) is 29.7. The van der Waals surface area contributed by atoms with Crippen LogP contribution in [0.2, 0.25) is 0 Å². The number of fused-ring (bicyclic) bond motifs is 6. The first-order valence-electron chi connectivity index (χ1n) is 36.5. The van der Waals surface area contributed by atoms with Crippen LogP contribution in [0.5, 0.6) is 0 Å². The first-order chi connectivity index (χ1) is 41.9. The van der Waals surface area contributed by atoms with Crippen LogP contribution in [0.15, 0.2) is 72.8 Å². The molecule has 6 aromatic rings. The van der Waals surface area contributed by atoms with E-state index in [-0.39, 0.29) is 76.8 Å². The molecule has 4 bridgehead atoms. The molecule has 0 unspecified atom stereocenters. The van der Waals surface area contributed by atoms with Crippen LogP contribution in [0.3, 0.4) is 0 Å². The van der Waals surface area contributed by atoms with E-state index in [4.69, 9.17) is 0 Å². The number of hydrogen-bond acceptors (Lipinski definition) is 2. The molecule has 1 aliphatic heterocycles. The normalized spacial score (nSPS) is 30.6. The van der Waals surface area contributed by atoms with Gasteiger partial charge in [-0.05, 0) is 0 Å². The van der Waals surface area contributed by atoms with E-state index in [2.05, 4.69) is 257 Å². The van der Waals surface area contributed by atoms with Gasteiger partial charge in [-0.3, -0.25) is 0 Å².